The lowest BCUT2D eigenvalue weighted by Gasteiger charge is -2.28. The van der Waals surface area contributed by atoms with Gasteiger partial charge < -0.3 is 14.8 Å². The Hall–Kier alpha value is -1.29. The zero-order chi connectivity index (χ0) is 9.97. The first-order valence-corrected chi connectivity index (χ1v) is 4.50. The molecular weight excluding hydrogens is 185 g/mol. The molecule has 0 unspecified atom stereocenters. The molecule has 0 aliphatic carbocycles. The van der Waals surface area contributed by atoms with Crippen LogP contribution in [0.4, 0.5) is 4.39 Å². The van der Waals surface area contributed by atoms with Crippen molar-refractivity contribution in [2.75, 3.05) is 20.2 Å². The molecule has 1 fully saturated rings. The molecule has 0 bridgehead atoms. The molecule has 3 nitrogen and oxygen atoms in total. The lowest BCUT2D eigenvalue weighted by Crippen LogP contribution is -2.50. The van der Waals surface area contributed by atoms with Crippen molar-refractivity contribution < 1.29 is 13.9 Å². The number of benzene rings is 1. The van der Waals surface area contributed by atoms with Gasteiger partial charge in [0.05, 0.1) is 7.11 Å². The summed E-state index contributed by atoms with van der Waals surface area (Å²) in [5.74, 6) is 0.727. The summed E-state index contributed by atoms with van der Waals surface area (Å²) in [5.41, 5.74) is 0. The molecule has 0 atom stereocenters. The minimum atomic E-state index is -0.312. The topological polar surface area (TPSA) is 30.5 Å². The Balaban J connectivity index is 2.15. The molecule has 1 heterocycles. The van der Waals surface area contributed by atoms with Crippen LogP contribution in [0.5, 0.6) is 11.5 Å². The fourth-order valence-corrected chi connectivity index (χ4v) is 1.27. The number of hydrogen-bond donors (Lipinski definition) is 1. The summed E-state index contributed by atoms with van der Waals surface area (Å²) in [7, 11) is 1.54. The van der Waals surface area contributed by atoms with E-state index in [1.54, 1.807) is 13.2 Å². The van der Waals surface area contributed by atoms with E-state index >= 15 is 0 Å². The normalized spacial score (nSPS) is 16.1. The molecule has 0 spiro atoms. The van der Waals surface area contributed by atoms with Crippen molar-refractivity contribution in [3.05, 3.63) is 24.0 Å². The van der Waals surface area contributed by atoms with E-state index in [-0.39, 0.29) is 11.9 Å². The van der Waals surface area contributed by atoms with Crippen molar-refractivity contribution in [1.82, 2.24) is 5.32 Å². The molecule has 1 aliphatic rings. The van der Waals surface area contributed by atoms with Crippen molar-refractivity contribution in [3.63, 3.8) is 0 Å². The predicted molar refractivity (Wildman–Crippen MR) is 50.2 cm³/mol. The summed E-state index contributed by atoms with van der Waals surface area (Å²) in [6.07, 6.45) is 0.130. The molecule has 0 amide bonds. The number of methoxy groups -OCH3 is 1. The van der Waals surface area contributed by atoms with Crippen molar-refractivity contribution in [3.8, 4) is 11.5 Å². The molecule has 76 valence electrons. The zero-order valence-electron chi connectivity index (χ0n) is 7.92. The molecule has 1 N–H and O–H groups in total. The van der Waals surface area contributed by atoms with E-state index < -0.39 is 0 Å². The fourth-order valence-electron chi connectivity index (χ4n) is 1.27. The minimum absolute atomic E-state index is 0.130. The highest BCUT2D eigenvalue weighted by Crippen LogP contribution is 2.28. The first-order chi connectivity index (χ1) is 6.79. The van der Waals surface area contributed by atoms with Gasteiger partial charge in [-0.15, -0.1) is 0 Å². The quantitative estimate of drug-likeness (QED) is 0.789. The maximum atomic E-state index is 12.9. The number of nitrogens with one attached hydrogen (secondary N) is 1. The van der Waals surface area contributed by atoms with E-state index in [1.807, 2.05) is 0 Å². The molecule has 0 aromatic heterocycles. The van der Waals surface area contributed by atoms with Crippen LogP contribution in [0.1, 0.15) is 0 Å². The zero-order valence-corrected chi connectivity index (χ0v) is 7.92. The molecule has 1 aromatic rings. The Labute approximate surface area is 81.8 Å². The van der Waals surface area contributed by atoms with Gasteiger partial charge in [-0.05, 0) is 12.1 Å². The van der Waals surface area contributed by atoms with E-state index in [0.717, 1.165) is 13.1 Å². The second-order valence-electron chi connectivity index (χ2n) is 3.19. The third-order valence-electron chi connectivity index (χ3n) is 2.16. The van der Waals surface area contributed by atoms with Gasteiger partial charge in [0.15, 0.2) is 11.5 Å². The predicted octanol–water partition coefficient (Wildman–Crippen LogP) is 1.18. The third kappa shape index (κ3) is 1.80. The van der Waals surface area contributed by atoms with Crippen LogP contribution in [0.2, 0.25) is 0 Å². The van der Waals surface area contributed by atoms with Crippen molar-refractivity contribution >= 4 is 0 Å². The molecule has 1 saturated heterocycles. The number of hydrogen-bond acceptors (Lipinski definition) is 3. The maximum Gasteiger partial charge on any atom is 0.164 e. The summed E-state index contributed by atoms with van der Waals surface area (Å²) in [6.45, 7) is 1.61. The summed E-state index contributed by atoms with van der Waals surface area (Å²) in [4.78, 5) is 0. The Morgan fingerprint density at radius 1 is 1.36 bits per heavy atom. The average molecular weight is 197 g/mol. The van der Waals surface area contributed by atoms with Crippen LogP contribution in [-0.2, 0) is 0 Å². The fraction of sp³-hybridized carbons (Fsp3) is 0.400. The lowest BCUT2D eigenvalue weighted by atomic mass is 10.2. The summed E-state index contributed by atoms with van der Waals surface area (Å²) < 4.78 is 23.5. The summed E-state index contributed by atoms with van der Waals surface area (Å²) >= 11 is 0. The van der Waals surface area contributed by atoms with Crippen LogP contribution in [-0.4, -0.2) is 26.3 Å². The van der Waals surface area contributed by atoms with Crippen molar-refractivity contribution in [1.29, 1.82) is 0 Å². The molecule has 2 rings (SSSR count). The molecule has 0 radical (unpaired) electrons. The van der Waals surface area contributed by atoms with Gasteiger partial charge in [0.25, 0.3) is 0 Å². The van der Waals surface area contributed by atoms with E-state index in [2.05, 4.69) is 5.32 Å². The van der Waals surface area contributed by atoms with Gasteiger partial charge >= 0.3 is 0 Å². The van der Waals surface area contributed by atoms with Crippen LogP contribution >= 0.6 is 0 Å². The first-order valence-electron chi connectivity index (χ1n) is 4.50. The second-order valence-corrected chi connectivity index (χ2v) is 3.19. The van der Waals surface area contributed by atoms with Gasteiger partial charge in [-0.1, -0.05) is 0 Å². The van der Waals surface area contributed by atoms with E-state index in [1.165, 1.54) is 12.1 Å². The van der Waals surface area contributed by atoms with Gasteiger partial charge in [0, 0.05) is 19.2 Å². The largest absolute Gasteiger partial charge is 0.493 e. The standard InChI is InChI=1S/C10H12FNO2/c1-13-9-3-2-7(11)4-10(9)14-8-5-12-6-8/h2-4,8,12H,5-6H2,1H3. The van der Waals surface area contributed by atoms with Gasteiger partial charge in [-0.2, -0.15) is 0 Å². The smallest absolute Gasteiger partial charge is 0.164 e. The van der Waals surface area contributed by atoms with Crippen LogP contribution in [0.25, 0.3) is 0 Å². The second kappa shape index (κ2) is 3.84. The summed E-state index contributed by atoms with van der Waals surface area (Å²) in [5, 5.41) is 3.07. The highest BCUT2D eigenvalue weighted by molar-refractivity contribution is 5.40. The lowest BCUT2D eigenvalue weighted by molar-refractivity contribution is 0.137. The number of halogens is 1. The van der Waals surface area contributed by atoms with Gasteiger partial charge in [0.2, 0.25) is 0 Å². The average Bonchev–Trinajstić information content (AvgIpc) is 2.12. The third-order valence-corrected chi connectivity index (χ3v) is 2.16. The highest BCUT2D eigenvalue weighted by atomic mass is 19.1. The monoisotopic (exact) mass is 197 g/mol. The highest BCUT2D eigenvalue weighted by Gasteiger charge is 2.20. The Kier molecular flexibility index (Phi) is 2.54. The van der Waals surface area contributed by atoms with Crippen LogP contribution in [0.15, 0.2) is 18.2 Å². The van der Waals surface area contributed by atoms with Crippen molar-refractivity contribution in [2.24, 2.45) is 0 Å². The molecule has 1 aliphatic heterocycles. The minimum Gasteiger partial charge on any atom is -0.493 e. The van der Waals surface area contributed by atoms with E-state index in [4.69, 9.17) is 9.47 Å². The number of ether oxygens (including phenoxy) is 2. The van der Waals surface area contributed by atoms with Crippen LogP contribution in [0.3, 0.4) is 0 Å². The van der Waals surface area contributed by atoms with Crippen LogP contribution in [0, 0.1) is 5.82 Å². The van der Waals surface area contributed by atoms with Gasteiger partial charge in [0.1, 0.15) is 11.9 Å². The Bertz CT molecular complexity index is 326. The van der Waals surface area contributed by atoms with Gasteiger partial charge in [-0.3, -0.25) is 0 Å². The van der Waals surface area contributed by atoms with Crippen molar-refractivity contribution in [2.45, 2.75) is 6.10 Å². The van der Waals surface area contributed by atoms with Crippen LogP contribution < -0.4 is 14.8 Å². The van der Waals surface area contributed by atoms with E-state index in [9.17, 15) is 4.39 Å². The molecule has 1 aromatic carbocycles. The SMILES string of the molecule is COc1ccc(F)cc1OC1CNC1. The first kappa shape index (κ1) is 9.27. The molecule has 0 saturated carbocycles. The van der Waals surface area contributed by atoms with Gasteiger partial charge in [-0.25, -0.2) is 4.39 Å². The van der Waals surface area contributed by atoms with E-state index in [0.29, 0.717) is 11.5 Å². The molecule has 14 heavy (non-hydrogen) atoms. The Morgan fingerprint density at radius 3 is 2.71 bits per heavy atom. The number of rotatable bonds is 3. The maximum absolute atomic E-state index is 12.9. The Morgan fingerprint density at radius 2 is 2.14 bits per heavy atom. The molecular formula is C10H12FNO2. The molecule has 4 heteroatoms. The summed E-state index contributed by atoms with van der Waals surface area (Å²) in [6, 6.07) is 4.26.